The molecule has 1 aliphatic rings. The second-order valence-electron chi connectivity index (χ2n) is 5.23. The number of likely N-dealkylation sites (tertiary alicyclic amines) is 1. The molecule has 20 heavy (non-hydrogen) atoms. The molecule has 1 atom stereocenters. The van der Waals surface area contributed by atoms with Crippen molar-refractivity contribution < 1.29 is 14.6 Å². The fourth-order valence-corrected chi connectivity index (χ4v) is 2.68. The highest BCUT2D eigenvalue weighted by Gasteiger charge is 2.29. The summed E-state index contributed by atoms with van der Waals surface area (Å²) in [6, 6.07) is 10.0. The van der Waals surface area contributed by atoms with Crippen molar-refractivity contribution in [1.29, 1.82) is 0 Å². The number of carbonyl (C=O) groups is 1. The van der Waals surface area contributed by atoms with Gasteiger partial charge >= 0.3 is 5.97 Å². The molecule has 1 heterocycles. The summed E-state index contributed by atoms with van der Waals surface area (Å²) in [6.45, 7) is 3.16. The van der Waals surface area contributed by atoms with Crippen LogP contribution in [0.5, 0.6) is 0 Å². The van der Waals surface area contributed by atoms with Crippen LogP contribution < -0.4 is 0 Å². The Kier molecular flexibility index (Phi) is 6.02. The van der Waals surface area contributed by atoms with Gasteiger partial charge in [-0.2, -0.15) is 0 Å². The second kappa shape index (κ2) is 8.02. The third-order valence-electron chi connectivity index (χ3n) is 3.76. The SMILES string of the molecule is O=C(O)C1CCCN1CCCOCCc1ccccc1. The summed E-state index contributed by atoms with van der Waals surface area (Å²) in [5, 5.41) is 9.08. The highest BCUT2D eigenvalue weighted by atomic mass is 16.5. The van der Waals surface area contributed by atoms with Crippen LogP contribution in [-0.4, -0.2) is 48.3 Å². The summed E-state index contributed by atoms with van der Waals surface area (Å²) in [5.41, 5.74) is 1.29. The molecule has 2 rings (SSSR count). The Balaban J connectivity index is 1.54. The van der Waals surface area contributed by atoms with Gasteiger partial charge in [0.15, 0.2) is 0 Å². The lowest BCUT2D eigenvalue weighted by molar-refractivity contribution is -0.142. The molecule has 0 aromatic heterocycles. The van der Waals surface area contributed by atoms with Crippen LogP contribution in [0.25, 0.3) is 0 Å². The topological polar surface area (TPSA) is 49.8 Å². The van der Waals surface area contributed by atoms with Gasteiger partial charge in [-0.3, -0.25) is 9.69 Å². The average Bonchev–Trinajstić information content (AvgIpc) is 2.92. The number of hydrogen-bond acceptors (Lipinski definition) is 3. The molecule has 1 aromatic rings. The van der Waals surface area contributed by atoms with E-state index in [-0.39, 0.29) is 6.04 Å². The van der Waals surface area contributed by atoms with E-state index in [2.05, 4.69) is 17.0 Å². The van der Waals surface area contributed by atoms with Gasteiger partial charge in [-0.15, -0.1) is 0 Å². The van der Waals surface area contributed by atoms with Gasteiger partial charge in [-0.05, 0) is 37.8 Å². The molecular weight excluding hydrogens is 254 g/mol. The molecule has 1 saturated heterocycles. The molecule has 4 nitrogen and oxygen atoms in total. The first kappa shape index (κ1) is 15.0. The largest absolute Gasteiger partial charge is 0.480 e. The first-order chi connectivity index (χ1) is 9.77. The zero-order valence-corrected chi connectivity index (χ0v) is 11.8. The highest BCUT2D eigenvalue weighted by molar-refractivity contribution is 5.73. The Labute approximate surface area is 120 Å². The van der Waals surface area contributed by atoms with Crippen LogP contribution in [-0.2, 0) is 16.0 Å². The summed E-state index contributed by atoms with van der Waals surface area (Å²) < 4.78 is 5.62. The molecule has 1 fully saturated rings. The predicted molar refractivity (Wildman–Crippen MR) is 77.8 cm³/mol. The molecule has 1 aromatic carbocycles. The van der Waals surface area contributed by atoms with Gasteiger partial charge in [0, 0.05) is 13.2 Å². The Bertz CT molecular complexity index is 407. The maximum Gasteiger partial charge on any atom is 0.320 e. The minimum atomic E-state index is -0.688. The predicted octanol–water partition coefficient (Wildman–Crippen LogP) is 2.18. The van der Waals surface area contributed by atoms with Gasteiger partial charge in [0.2, 0.25) is 0 Å². The van der Waals surface area contributed by atoms with Gasteiger partial charge in [-0.1, -0.05) is 30.3 Å². The number of aliphatic carboxylic acids is 1. The third kappa shape index (κ3) is 4.62. The number of hydrogen-bond donors (Lipinski definition) is 1. The molecule has 110 valence electrons. The van der Waals surface area contributed by atoms with E-state index in [0.29, 0.717) is 6.61 Å². The molecule has 0 bridgehead atoms. The number of carboxylic acid groups (broad SMARTS) is 1. The van der Waals surface area contributed by atoms with E-state index in [1.165, 1.54) is 5.56 Å². The van der Waals surface area contributed by atoms with Gasteiger partial charge in [-0.25, -0.2) is 0 Å². The fraction of sp³-hybridized carbons (Fsp3) is 0.562. The highest BCUT2D eigenvalue weighted by Crippen LogP contribution is 2.17. The van der Waals surface area contributed by atoms with Crippen LogP contribution in [0.3, 0.4) is 0 Å². The molecule has 4 heteroatoms. The summed E-state index contributed by atoms with van der Waals surface area (Å²) in [5.74, 6) is -0.688. The maximum atomic E-state index is 11.0. The van der Waals surface area contributed by atoms with Crippen molar-refractivity contribution in [3.8, 4) is 0 Å². The number of nitrogens with zero attached hydrogens (tertiary/aromatic N) is 1. The number of ether oxygens (including phenoxy) is 1. The monoisotopic (exact) mass is 277 g/mol. The first-order valence-corrected chi connectivity index (χ1v) is 7.36. The van der Waals surface area contributed by atoms with Crippen molar-refractivity contribution >= 4 is 5.97 Å². The van der Waals surface area contributed by atoms with Crippen LogP contribution in [0.2, 0.25) is 0 Å². The Morgan fingerprint density at radius 3 is 2.85 bits per heavy atom. The van der Waals surface area contributed by atoms with Crippen LogP contribution in [0.15, 0.2) is 30.3 Å². The molecule has 0 saturated carbocycles. The normalized spacial score (nSPS) is 19.3. The van der Waals surface area contributed by atoms with Crippen molar-refractivity contribution in [2.75, 3.05) is 26.3 Å². The zero-order chi connectivity index (χ0) is 14.2. The van der Waals surface area contributed by atoms with E-state index in [0.717, 1.165) is 45.4 Å². The molecule has 1 unspecified atom stereocenters. The van der Waals surface area contributed by atoms with E-state index in [4.69, 9.17) is 9.84 Å². The van der Waals surface area contributed by atoms with Gasteiger partial charge < -0.3 is 9.84 Å². The summed E-state index contributed by atoms with van der Waals surface area (Å²) in [6.07, 6.45) is 3.61. The second-order valence-corrected chi connectivity index (χ2v) is 5.23. The zero-order valence-electron chi connectivity index (χ0n) is 11.8. The Morgan fingerprint density at radius 2 is 2.10 bits per heavy atom. The average molecular weight is 277 g/mol. The third-order valence-corrected chi connectivity index (χ3v) is 3.76. The number of benzene rings is 1. The molecule has 1 N–H and O–H groups in total. The smallest absolute Gasteiger partial charge is 0.320 e. The van der Waals surface area contributed by atoms with E-state index < -0.39 is 5.97 Å². The molecule has 0 spiro atoms. The lowest BCUT2D eigenvalue weighted by Gasteiger charge is -2.20. The lowest BCUT2D eigenvalue weighted by atomic mass is 10.2. The quantitative estimate of drug-likeness (QED) is 0.740. The Hall–Kier alpha value is -1.39. The van der Waals surface area contributed by atoms with Gasteiger partial charge in [0.1, 0.15) is 6.04 Å². The molecule has 0 aliphatic carbocycles. The fourth-order valence-electron chi connectivity index (χ4n) is 2.68. The summed E-state index contributed by atoms with van der Waals surface area (Å²) >= 11 is 0. The maximum absolute atomic E-state index is 11.0. The number of rotatable bonds is 8. The summed E-state index contributed by atoms with van der Waals surface area (Å²) in [4.78, 5) is 13.1. The molecule has 0 amide bonds. The van der Waals surface area contributed by atoms with Crippen LogP contribution in [0, 0.1) is 0 Å². The summed E-state index contributed by atoms with van der Waals surface area (Å²) in [7, 11) is 0. The molecule has 1 aliphatic heterocycles. The lowest BCUT2D eigenvalue weighted by Crippen LogP contribution is -2.36. The van der Waals surface area contributed by atoms with Crippen LogP contribution >= 0.6 is 0 Å². The van der Waals surface area contributed by atoms with E-state index in [1.54, 1.807) is 0 Å². The minimum Gasteiger partial charge on any atom is -0.480 e. The van der Waals surface area contributed by atoms with Crippen molar-refractivity contribution in [3.05, 3.63) is 35.9 Å². The molecule has 0 radical (unpaired) electrons. The number of carboxylic acids is 1. The van der Waals surface area contributed by atoms with Crippen molar-refractivity contribution in [1.82, 2.24) is 4.90 Å². The van der Waals surface area contributed by atoms with Crippen molar-refractivity contribution in [2.24, 2.45) is 0 Å². The minimum absolute atomic E-state index is 0.278. The van der Waals surface area contributed by atoms with E-state index in [1.807, 2.05) is 18.2 Å². The first-order valence-electron chi connectivity index (χ1n) is 7.36. The van der Waals surface area contributed by atoms with Crippen LogP contribution in [0.4, 0.5) is 0 Å². The van der Waals surface area contributed by atoms with E-state index in [9.17, 15) is 4.79 Å². The van der Waals surface area contributed by atoms with Crippen molar-refractivity contribution in [3.63, 3.8) is 0 Å². The van der Waals surface area contributed by atoms with Gasteiger partial charge in [0.25, 0.3) is 0 Å². The molecular formula is C16H23NO3. The van der Waals surface area contributed by atoms with Gasteiger partial charge in [0.05, 0.1) is 6.61 Å². The van der Waals surface area contributed by atoms with Crippen LogP contribution in [0.1, 0.15) is 24.8 Å². The van der Waals surface area contributed by atoms with Crippen molar-refractivity contribution in [2.45, 2.75) is 31.7 Å². The van der Waals surface area contributed by atoms with E-state index >= 15 is 0 Å². The Morgan fingerprint density at radius 1 is 1.30 bits per heavy atom. The standard InChI is InChI=1S/C16H23NO3/c18-16(19)15-8-4-10-17(15)11-5-12-20-13-9-14-6-2-1-3-7-14/h1-3,6-7,15H,4-5,8-13H2,(H,18,19).